The molecule has 2 heterocycles. The van der Waals surface area contributed by atoms with E-state index in [0.29, 0.717) is 4.88 Å². The van der Waals surface area contributed by atoms with E-state index < -0.39 is 0 Å². The van der Waals surface area contributed by atoms with Gasteiger partial charge in [0.15, 0.2) is 5.78 Å². The molecule has 0 radical (unpaired) electrons. The van der Waals surface area contributed by atoms with Crippen molar-refractivity contribution in [2.45, 2.75) is 0 Å². The van der Waals surface area contributed by atoms with E-state index in [2.05, 4.69) is 9.97 Å². The van der Waals surface area contributed by atoms with Crippen LogP contribution in [0, 0.1) is 0 Å². The quantitative estimate of drug-likeness (QED) is 0.625. The predicted octanol–water partition coefficient (Wildman–Crippen LogP) is 2.46. The summed E-state index contributed by atoms with van der Waals surface area (Å²) in [6.07, 6.45) is 8.31. The first kappa shape index (κ1) is 12.4. The van der Waals surface area contributed by atoms with Crippen molar-refractivity contribution in [1.82, 2.24) is 14.9 Å². The van der Waals surface area contributed by atoms with E-state index in [0.717, 1.165) is 10.6 Å². The van der Waals surface area contributed by atoms with Crippen LogP contribution in [0.1, 0.15) is 9.67 Å². The third-order valence-electron chi connectivity index (χ3n) is 2.20. The van der Waals surface area contributed by atoms with E-state index in [1.165, 1.54) is 11.3 Å². The maximum atomic E-state index is 11.8. The van der Waals surface area contributed by atoms with Gasteiger partial charge in [0.1, 0.15) is 5.01 Å². The van der Waals surface area contributed by atoms with Crippen LogP contribution in [-0.4, -0.2) is 34.7 Å². The lowest BCUT2D eigenvalue weighted by molar-refractivity contribution is 0.104. The normalized spacial score (nSPS) is 10.8. The van der Waals surface area contributed by atoms with Crippen molar-refractivity contribution in [2.75, 3.05) is 14.1 Å². The molecule has 0 saturated heterocycles. The summed E-state index contributed by atoms with van der Waals surface area (Å²) in [5, 5.41) is 0.832. The van der Waals surface area contributed by atoms with Gasteiger partial charge in [0.25, 0.3) is 0 Å². The van der Waals surface area contributed by atoms with Crippen molar-refractivity contribution in [3.05, 3.63) is 47.9 Å². The summed E-state index contributed by atoms with van der Waals surface area (Å²) in [6.45, 7) is 0. The maximum absolute atomic E-state index is 11.8. The number of nitrogens with zero attached hydrogens (tertiary/aromatic N) is 3. The Morgan fingerprint density at radius 2 is 2.06 bits per heavy atom. The summed E-state index contributed by atoms with van der Waals surface area (Å²) in [5.74, 6) is -0.0264. The van der Waals surface area contributed by atoms with Crippen LogP contribution in [0.3, 0.4) is 0 Å². The molecule has 2 aromatic heterocycles. The number of hydrogen-bond acceptors (Lipinski definition) is 5. The fraction of sp³-hybridized carbons (Fsp3) is 0.154. The van der Waals surface area contributed by atoms with Crippen molar-refractivity contribution in [3.63, 3.8) is 0 Å². The average Bonchev–Trinajstić information content (AvgIpc) is 2.86. The second kappa shape index (κ2) is 5.55. The zero-order chi connectivity index (χ0) is 13.0. The van der Waals surface area contributed by atoms with Gasteiger partial charge in [-0.2, -0.15) is 0 Å². The molecule has 4 nitrogen and oxygen atoms in total. The number of carbonyl (C=O) groups is 1. The minimum absolute atomic E-state index is 0.0264. The number of carbonyl (C=O) groups excluding carboxylic acids is 1. The Hall–Kier alpha value is -2.01. The van der Waals surface area contributed by atoms with Gasteiger partial charge in [-0.1, -0.05) is 0 Å². The van der Waals surface area contributed by atoms with Crippen LogP contribution in [-0.2, 0) is 0 Å². The van der Waals surface area contributed by atoms with Gasteiger partial charge in [-0.05, 0) is 12.1 Å². The molecule has 0 aromatic carbocycles. The minimum Gasteiger partial charge on any atom is -0.383 e. The van der Waals surface area contributed by atoms with Crippen molar-refractivity contribution in [1.29, 1.82) is 0 Å². The van der Waals surface area contributed by atoms with Gasteiger partial charge in [-0.25, -0.2) is 4.98 Å². The van der Waals surface area contributed by atoms with Crippen molar-refractivity contribution in [2.24, 2.45) is 0 Å². The van der Waals surface area contributed by atoms with Crippen molar-refractivity contribution >= 4 is 17.1 Å². The molecule has 0 amide bonds. The molecule has 5 heteroatoms. The van der Waals surface area contributed by atoms with Crippen LogP contribution in [0.2, 0.25) is 0 Å². The molecule has 0 atom stereocenters. The van der Waals surface area contributed by atoms with Gasteiger partial charge in [-0.15, -0.1) is 11.3 Å². The highest BCUT2D eigenvalue weighted by molar-refractivity contribution is 7.17. The summed E-state index contributed by atoms with van der Waals surface area (Å²) in [7, 11) is 3.75. The lowest BCUT2D eigenvalue weighted by Gasteiger charge is -2.01. The zero-order valence-electron chi connectivity index (χ0n) is 10.2. The van der Waals surface area contributed by atoms with Gasteiger partial charge in [0, 0.05) is 50.5 Å². The van der Waals surface area contributed by atoms with E-state index >= 15 is 0 Å². The van der Waals surface area contributed by atoms with Crippen LogP contribution in [0.5, 0.6) is 0 Å². The van der Waals surface area contributed by atoms with Gasteiger partial charge >= 0.3 is 0 Å². The number of pyridine rings is 1. The molecule has 0 unspecified atom stereocenters. The predicted molar refractivity (Wildman–Crippen MR) is 72.5 cm³/mol. The Labute approximate surface area is 110 Å². The second-order valence-corrected chi connectivity index (χ2v) is 4.94. The van der Waals surface area contributed by atoms with E-state index in [4.69, 9.17) is 0 Å². The second-order valence-electron chi connectivity index (χ2n) is 3.91. The van der Waals surface area contributed by atoms with Crippen LogP contribution in [0.25, 0.3) is 10.6 Å². The Balaban J connectivity index is 2.19. The Kier molecular flexibility index (Phi) is 3.84. The fourth-order valence-corrected chi connectivity index (χ4v) is 2.16. The third kappa shape index (κ3) is 3.01. The third-order valence-corrected chi connectivity index (χ3v) is 3.26. The lowest BCUT2D eigenvalue weighted by Crippen LogP contribution is -2.02. The van der Waals surface area contributed by atoms with E-state index in [9.17, 15) is 4.79 Å². The zero-order valence-corrected chi connectivity index (χ0v) is 11.0. The SMILES string of the molecule is CN(C)C=CC(=O)c1cnc(-c2ccncc2)s1. The van der Waals surface area contributed by atoms with E-state index in [1.54, 1.807) is 30.9 Å². The van der Waals surface area contributed by atoms with Gasteiger partial charge < -0.3 is 4.90 Å². The molecule has 2 rings (SSSR count). The maximum Gasteiger partial charge on any atom is 0.198 e. The van der Waals surface area contributed by atoms with Gasteiger partial charge in [0.2, 0.25) is 0 Å². The first-order valence-corrected chi connectivity index (χ1v) is 6.23. The van der Waals surface area contributed by atoms with Crippen molar-refractivity contribution in [3.8, 4) is 10.6 Å². The van der Waals surface area contributed by atoms with Gasteiger partial charge in [0.05, 0.1) is 4.88 Å². The van der Waals surface area contributed by atoms with Crippen molar-refractivity contribution < 1.29 is 4.79 Å². The topological polar surface area (TPSA) is 46.1 Å². The number of allylic oxidation sites excluding steroid dienone is 1. The number of ketones is 1. The van der Waals surface area contributed by atoms with Crippen LogP contribution >= 0.6 is 11.3 Å². The lowest BCUT2D eigenvalue weighted by atomic mass is 10.3. The molecule has 92 valence electrons. The molecule has 0 saturated carbocycles. The van der Waals surface area contributed by atoms with Crippen LogP contribution in [0.15, 0.2) is 43.0 Å². The standard InChI is InChI=1S/C13H13N3OS/c1-16(2)8-5-11(17)12-9-15-13(18-12)10-3-6-14-7-4-10/h3-9H,1-2H3. The largest absolute Gasteiger partial charge is 0.383 e. The Bertz CT molecular complexity index is 561. The Morgan fingerprint density at radius 3 is 2.72 bits per heavy atom. The minimum atomic E-state index is -0.0264. The summed E-state index contributed by atoms with van der Waals surface area (Å²) < 4.78 is 0. The highest BCUT2D eigenvalue weighted by Crippen LogP contribution is 2.24. The smallest absolute Gasteiger partial charge is 0.198 e. The van der Waals surface area contributed by atoms with E-state index in [1.807, 2.05) is 31.1 Å². The first-order valence-electron chi connectivity index (χ1n) is 5.42. The summed E-state index contributed by atoms with van der Waals surface area (Å²) in [6, 6.07) is 3.76. The van der Waals surface area contributed by atoms with Crippen LogP contribution < -0.4 is 0 Å². The van der Waals surface area contributed by atoms with Crippen LogP contribution in [0.4, 0.5) is 0 Å². The monoisotopic (exact) mass is 259 g/mol. The molecular formula is C13H13N3OS. The molecule has 0 N–H and O–H groups in total. The average molecular weight is 259 g/mol. The fourth-order valence-electron chi connectivity index (χ4n) is 1.31. The molecule has 0 spiro atoms. The van der Waals surface area contributed by atoms with E-state index in [-0.39, 0.29) is 5.78 Å². The summed E-state index contributed by atoms with van der Waals surface area (Å²) >= 11 is 1.39. The molecule has 0 aliphatic rings. The number of aromatic nitrogens is 2. The number of rotatable bonds is 4. The summed E-state index contributed by atoms with van der Waals surface area (Å²) in [4.78, 5) is 22.5. The highest BCUT2D eigenvalue weighted by Gasteiger charge is 2.09. The highest BCUT2D eigenvalue weighted by atomic mass is 32.1. The molecule has 0 aliphatic carbocycles. The van der Waals surface area contributed by atoms with Gasteiger partial charge in [-0.3, -0.25) is 9.78 Å². The number of thiazole rings is 1. The molecule has 0 fully saturated rings. The number of hydrogen-bond donors (Lipinski definition) is 0. The molecule has 2 aromatic rings. The Morgan fingerprint density at radius 1 is 1.33 bits per heavy atom. The summed E-state index contributed by atoms with van der Waals surface area (Å²) in [5.41, 5.74) is 0.977. The molecule has 0 bridgehead atoms. The molecular weight excluding hydrogens is 246 g/mol. The molecule has 18 heavy (non-hydrogen) atoms. The first-order chi connectivity index (χ1) is 8.66. The molecule has 0 aliphatic heterocycles.